The molecule has 28 heavy (non-hydrogen) atoms. The first-order valence-corrected chi connectivity index (χ1v) is 9.22. The van der Waals surface area contributed by atoms with E-state index in [4.69, 9.17) is 0 Å². The Morgan fingerprint density at radius 3 is 2.61 bits per heavy atom. The lowest BCUT2D eigenvalue weighted by Crippen LogP contribution is -2.14. The molecule has 0 fully saturated rings. The van der Waals surface area contributed by atoms with Crippen molar-refractivity contribution in [1.29, 1.82) is 0 Å². The number of aromatic nitrogens is 5. The molecule has 7 nitrogen and oxygen atoms in total. The van der Waals surface area contributed by atoms with Gasteiger partial charge < -0.3 is 5.32 Å². The zero-order chi connectivity index (χ0) is 19.8. The van der Waals surface area contributed by atoms with Gasteiger partial charge in [-0.2, -0.15) is 10.2 Å². The maximum absolute atomic E-state index is 12.9. The van der Waals surface area contributed by atoms with Crippen LogP contribution in [-0.4, -0.2) is 30.5 Å². The van der Waals surface area contributed by atoms with Gasteiger partial charge in [0.25, 0.3) is 5.91 Å². The minimum Gasteiger partial charge on any atom is -0.320 e. The van der Waals surface area contributed by atoms with Crippen LogP contribution in [-0.2, 0) is 13.5 Å². The van der Waals surface area contributed by atoms with Crippen molar-refractivity contribution in [1.82, 2.24) is 24.5 Å². The maximum atomic E-state index is 12.9. The quantitative estimate of drug-likeness (QED) is 0.592. The second-order valence-electron chi connectivity index (χ2n) is 6.86. The van der Waals surface area contributed by atoms with E-state index >= 15 is 0 Å². The highest BCUT2D eigenvalue weighted by Gasteiger charge is 2.18. The summed E-state index contributed by atoms with van der Waals surface area (Å²) in [6.07, 6.45) is 3.96. The molecule has 0 radical (unpaired) electrons. The number of hydrogen-bond donors (Lipinski definition) is 1. The standard InChI is InChI=1S/C21H22N6O/c1-5-19-18(12-23-27(19)16-8-6-13(2)7-9-16)21(28)24-15-10-17-14(3)25-26(4)20(17)22-11-15/h6-12H,5H2,1-4H3,(H,24,28). The summed E-state index contributed by atoms with van der Waals surface area (Å²) in [7, 11) is 1.85. The fraction of sp³-hybridized carbons (Fsp3) is 0.238. The third-order valence-corrected chi connectivity index (χ3v) is 4.85. The second kappa shape index (κ2) is 6.92. The number of benzene rings is 1. The first-order valence-electron chi connectivity index (χ1n) is 9.22. The summed E-state index contributed by atoms with van der Waals surface area (Å²) in [6.45, 7) is 5.99. The summed E-state index contributed by atoms with van der Waals surface area (Å²) in [5, 5.41) is 12.7. The van der Waals surface area contributed by atoms with E-state index in [1.54, 1.807) is 17.1 Å². The van der Waals surface area contributed by atoms with Gasteiger partial charge in [-0.25, -0.2) is 9.67 Å². The Morgan fingerprint density at radius 2 is 1.89 bits per heavy atom. The highest BCUT2D eigenvalue weighted by Crippen LogP contribution is 2.21. The van der Waals surface area contributed by atoms with Crippen LogP contribution in [0.25, 0.3) is 16.7 Å². The van der Waals surface area contributed by atoms with Gasteiger partial charge in [0.15, 0.2) is 5.65 Å². The largest absolute Gasteiger partial charge is 0.320 e. The third kappa shape index (κ3) is 3.05. The van der Waals surface area contributed by atoms with Crippen molar-refractivity contribution in [2.45, 2.75) is 27.2 Å². The maximum Gasteiger partial charge on any atom is 0.259 e. The van der Waals surface area contributed by atoms with Crippen molar-refractivity contribution in [3.63, 3.8) is 0 Å². The first-order chi connectivity index (χ1) is 13.5. The second-order valence-corrected chi connectivity index (χ2v) is 6.86. The summed E-state index contributed by atoms with van der Waals surface area (Å²) < 4.78 is 3.55. The molecule has 1 amide bonds. The number of rotatable bonds is 4. The topological polar surface area (TPSA) is 77.6 Å². The van der Waals surface area contributed by atoms with Crippen molar-refractivity contribution in [3.05, 3.63) is 65.2 Å². The average Bonchev–Trinajstić information content (AvgIpc) is 3.23. The Morgan fingerprint density at radius 1 is 1.14 bits per heavy atom. The van der Waals surface area contributed by atoms with Crippen molar-refractivity contribution < 1.29 is 4.79 Å². The summed E-state index contributed by atoms with van der Waals surface area (Å²) >= 11 is 0. The third-order valence-electron chi connectivity index (χ3n) is 4.85. The zero-order valence-electron chi connectivity index (χ0n) is 16.4. The Hall–Kier alpha value is -3.48. The van der Waals surface area contributed by atoms with Crippen LogP contribution in [0.3, 0.4) is 0 Å². The number of aryl methyl sites for hydroxylation is 3. The Labute approximate surface area is 163 Å². The lowest BCUT2D eigenvalue weighted by atomic mass is 10.1. The number of amides is 1. The number of carbonyl (C=O) groups is 1. The normalized spacial score (nSPS) is 11.1. The van der Waals surface area contributed by atoms with Crippen LogP contribution in [0.5, 0.6) is 0 Å². The number of fused-ring (bicyclic) bond motifs is 1. The van der Waals surface area contributed by atoms with E-state index in [1.807, 2.05) is 62.8 Å². The highest BCUT2D eigenvalue weighted by molar-refractivity contribution is 6.05. The average molecular weight is 374 g/mol. The molecule has 4 rings (SSSR count). The number of carbonyl (C=O) groups excluding carboxylic acids is 1. The molecule has 4 aromatic rings. The first kappa shape index (κ1) is 17.9. The molecular formula is C21H22N6O. The summed E-state index contributed by atoms with van der Waals surface area (Å²) in [5.41, 5.74) is 5.85. The zero-order valence-corrected chi connectivity index (χ0v) is 16.4. The Bertz CT molecular complexity index is 1170. The fourth-order valence-corrected chi connectivity index (χ4v) is 3.39. The minimum atomic E-state index is -0.196. The molecule has 0 atom stereocenters. The molecule has 7 heteroatoms. The van der Waals surface area contributed by atoms with Crippen LogP contribution in [0, 0.1) is 13.8 Å². The summed E-state index contributed by atoms with van der Waals surface area (Å²) in [4.78, 5) is 17.3. The number of nitrogens with one attached hydrogen (secondary N) is 1. The van der Waals surface area contributed by atoms with Crippen LogP contribution in [0.2, 0.25) is 0 Å². The van der Waals surface area contributed by atoms with Gasteiger partial charge in [-0.05, 0) is 38.5 Å². The van der Waals surface area contributed by atoms with E-state index in [0.29, 0.717) is 17.7 Å². The molecule has 0 saturated carbocycles. The predicted octanol–water partition coefficient (Wildman–Crippen LogP) is 3.59. The van der Waals surface area contributed by atoms with Crippen molar-refractivity contribution in [2.24, 2.45) is 7.05 Å². The van der Waals surface area contributed by atoms with Gasteiger partial charge in [-0.1, -0.05) is 24.6 Å². The predicted molar refractivity (Wildman–Crippen MR) is 109 cm³/mol. The van der Waals surface area contributed by atoms with E-state index < -0.39 is 0 Å². The Balaban J connectivity index is 1.65. The molecule has 0 aliphatic rings. The highest BCUT2D eigenvalue weighted by atomic mass is 16.1. The molecule has 1 N–H and O–H groups in total. The van der Waals surface area contributed by atoms with E-state index in [1.165, 1.54) is 5.56 Å². The van der Waals surface area contributed by atoms with Crippen LogP contribution in [0.4, 0.5) is 5.69 Å². The molecule has 0 unspecified atom stereocenters. The molecule has 0 aliphatic heterocycles. The van der Waals surface area contributed by atoms with Crippen LogP contribution in [0.1, 0.15) is 34.2 Å². The van der Waals surface area contributed by atoms with Crippen LogP contribution in [0.15, 0.2) is 42.7 Å². The number of hydrogen-bond acceptors (Lipinski definition) is 4. The molecule has 142 valence electrons. The summed E-state index contributed by atoms with van der Waals surface area (Å²) in [5.74, 6) is -0.196. The molecule has 0 spiro atoms. The molecule has 3 heterocycles. The number of nitrogens with zero attached hydrogens (tertiary/aromatic N) is 5. The molecule has 0 aliphatic carbocycles. The minimum absolute atomic E-state index is 0.196. The van der Waals surface area contributed by atoms with Gasteiger partial charge in [0.05, 0.1) is 40.7 Å². The van der Waals surface area contributed by atoms with Gasteiger partial charge in [0.2, 0.25) is 0 Å². The van der Waals surface area contributed by atoms with Gasteiger partial charge in [-0.3, -0.25) is 9.48 Å². The lowest BCUT2D eigenvalue weighted by molar-refractivity contribution is 0.102. The van der Waals surface area contributed by atoms with E-state index in [9.17, 15) is 4.79 Å². The van der Waals surface area contributed by atoms with Crippen molar-refractivity contribution >= 4 is 22.6 Å². The molecular weight excluding hydrogens is 352 g/mol. The number of anilines is 1. The monoisotopic (exact) mass is 374 g/mol. The van der Waals surface area contributed by atoms with Gasteiger partial charge >= 0.3 is 0 Å². The fourth-order valence-electron chi connectivity index (χ4n) is 3.39. The van der Waals surface area contributed by atoms with Crippen LogP contribution >= 0.6 is 0 Å². The Kier molecular flexibility index (Phi) is 4.43. The lowest BCUT2D eigenvalue weighted by Gasteiger charge is -2.09. The molecule has 1 aromatic carbocycles. The molecule has 0 saturated heterocycles. The van der Waals surface area contributed by atoms with E-state index in [2.05, 4.69) is 20.5 Å². The smallest absolute Gasteiger partial charge is 0.259 e. The van der Waals surface area contributed by atoms with Crippen LogP contribution < -0.4 is 5.32 Å². The van der Waals surface area contributed by atoms with E-state index in [0.717, 1.165) is 28.1 Å². The van der Waals surface area contributed by atoms with Crippen molar-refractivity contribution in [2.75, 3.05) is 5.32 Å². The van der Waals surface area contributed by atoms with Crippen molar-refractivity contribution in [3.8, 4) is 5.69 Å². The van der Waals surface area contributed by atoms with E-state index in [-0.39, 0.29) is 5.91 Å². The molecule has 0 bridgehead atoms. The van der Waals surface area contributed by atoms with Gasteiger partial charge in [-0.15, -0.1) is 0 Å². The van der Waals surface area contributed by atoms with Gasteiger partial charge in [0.1, 0.15) is 0 Å². The summed E-state index contributed by atoms with van der Waals surface area (Å²) in [6, 6.07) is 9.98. The SMILES string of the molecule is CCc1c(C(=O)Nc2cnc3c(c2)c(C)nn3C)cnn1-c1ccc(C)cc1. The van der Waals surface area contributed by atoms with Gasteiger partial charge in [0, 0.05) is 12.4 Å². The number of pyridine rings is 1. The molecule has 3 aromatic heterocycles.